The third-order valence-electron chi connectivity index (χ3n) is 11.0. The molecule has 0 atom stereocenters. The van der Waals surface area contributed by atoms with Crippen molar-refractivity contribution in [2.24, 2.45) is 0 Å². The van der Waals surface area contributed by atoms with E-state index in [0.29, 0.717) is 11.1 Å². The predicted octanol–water partition coefficient (Wildman–Crippen LogP) is 13.0. The van der Waals surface area contributed by atoms with Gasteiger partial charge in [0.25, 0.3) is 0 Å². The van der Waals surface area contributed by atoms with Crippen LogP contribution in [-0.4, -0.2) is 9.97 Å². The molecular weight excluding hydrogens is 833 g/mol. The van der Waals surface area contributed by atoms with Crippen molar-refractivity contribution in [1.82, 2.24) is 9.97 Å². The second-order valence-corrected chi connectivity index (χ2v) is 14.9. The topological polar surface area (TPSA) is 25.8 Å². The smallest absolute Gasteiger partial charge is 0.0280 e. The molecule has 271 valence electrons. The first-order chi connectivity index (χ1) is 27.1. The Kier molecular flexibility index (Phi) is 10.3. The molecule has 0 saturated heterocycles. The molecule has 1 radical (unpaired) electrons. The summed E-state index contributed by atoms with van der Waals surface area (Å²) in [5.74, 6) is 0. The Morgan fingerprint density at radius 3 is 2.04 bits per heavy atom. The number of pyridine rings is 2. The number of hydrogen-bond donors (Lipinski definition) is 0. The minimum Gasteiger partial charge on any atom is -0.305 e. The van der Waals surface area contributed by atoms with E-state index in [4.69, 9.17) is 9.10 Å². The molecule has 5 aromatic carbocycles. The van der Waals surface area contributed by atoms with Gasteiger partial charge in [0.05, 0.1) is 0 Å². The van der Waals surface area contributed by atoms with Crippen LogP contribution in [0.4, 0.5) is 0 Å². The summed E-state index contributed by atoms with van der Waals surface area (Å²) in [4.78, 5) is 9.11. The number of benzene rings is 5. The fourth-order valence-corrected chi connectivity index (χ4v) is 7.96. The van der Waals surface area contributed by atoms with Gasteiger partial charge < -0.3 is 9.97 Å². The summed E-state index contributed by atoms with van der Waals surface area (Å²) < 4.78 is 22.8. The summed E-state index contributed by atoms with van der Waals surface area (Å²) in [6.45, 7) is 2.44. The molecule has 1 saturated carbocycles. The standard InChI is InChI=1S/C51H46N2.Ir/c1-36-11-26-49(53-35-36)42-16-14-38(15-17-42)12-13-39-31-37(2)32-45(33-39)48-10-6-5-9-47(48)41-18-20-43(21-19-41)50-34-44(27-30-52-50)40-22-24-46(25-23-40)51(3)28-7-4-8-29-51;/h5-6,9-11,14-16,18-20,22-27,30-35H,4,7-8,12-13,28-29H2,1-3H3;/q-2;/i1D3;. The second kappa shape index (κ2) is 16.6. The van der Waals surface area contributed by atoms with E-state index in [0.717, 1.165) is 35.2 Å². The molecule has 0 spiro atoms. The van der Waals surface area contributed by atoms with Gasteiger partial charge in [-0.25, -0.2) is 0 Å². The Bertz CT molecular complexity index is 2430. The molecule has 0 unspecified atom stereocenters. The van der Waals surface area contributed by atoms with Crippen molar-refractivity contribution in [3.63, 3.8) is 0 Å². The zero-order valence-electron chi connectivity index (χ0n) is 34.0. The molecule has 0 N–H and O–H groups in total. The molecule has 3 heteroatoms. The molecule has 8 rings (SSSR count). The molecule has 2 heterocycles. The Morgan fingerprint density at radius 2 is 1.33 bits per heavy atom. The second-order valence-electron chi connectivity index (χ2n) is 14.9. The van der Waals surface area contributed by atoms with Gasteiger partial charge in [-0.05, 0) is 94.9 Å². The molecule has 1 aliphatic rings. The van der Waals surface area contributed by atoms with Gasteiger partial charge in [0.15, 0.2) is 0 Å². The fourth-order valence-electron chi connectivity index (χ4n) is 7.96. The van der Waals surface area contributed by atoms with Crippen molar-refractivity contribution in [2.45, 2.75) is 71.1 Å². The Labute approximate surface area is 339 Å². The number of hydrogen-bond acceptors (Lipinski definition) is 2. The minimum atomic E-state index is -2.16. The number of aryl methyl sites for hydroxylation is 4. The van der Waals surface area contributed by atoms with Crippen LogP contribution >= 0.6 is 0 Å². The predicted molar refractivity (Wildman–Crippen MR) is 221 cm³/mol. The molecule has 0 aliphatic heterocycles. The van der Waals surface area contributed by atoms with Crippen LogP contribution in [-0.2, 0) is 38.4 Å². The van der Waals surface area contributed by atoms with Crippen molar-refractivity contribution in [3.8, 4) is 55.9 Å². The summed E-state index contributed by atoms with van der Waals surface area (Å²) in [6.07, 6.45) is 11.7. The van der Waals surface area contributed by atoms with Crippen LogP contribution in [0.15, 0.2) is 140 Å². The van der Waals surface area contributed by atoms with E-state index in [1.807, 2.05) is 18.3 Å². The third kappa shape index (κ3) is 8.39. The molecule has 2 aromatic heterocycles. The van der Waals surface area contributed by atoms with Gasteiger partial charge >= 0.3 is 0 Å². The van der Waals surface area contributed by atoms with E-state index in [2.05, 4.69) is 134 Å². The first-order valence-corrected chi connectivity index (χ1v) is 18.9. The molecule has 54 heavy (non-hydrogen) atoms. The molecule has 7 aromatic rings. The number of nitrogens with zero attached hydrogens (tertiary/aromatic N) is 2. The van der Waals surface area contributed by atoms with Gasteiger partial charge in [0.1, 0.15) is 0 Å². The zero-order chi connectivity index (χ0) is 38.7. The summed E-state index contributed by atoms with van der Waals surface area (Å²) in [5.41, 5.74) is 16.2. The van der Waals surface area contributed by atoms with E-state index >= 15 is 0 Å². The quantitative estimate of drug-likeness (QED) is 0.135. The maximum Gasteiger partial charge on any atom is 0.0280 e. The number of aromatic nitrogens is 2. The Balaban J connectivity index is 0.00000496. The summed E-state index contributed by atoms with van der Waals surface area (Å²) in [7, 11) is 0. The third-order valence-corrected chi connectivity index (χ3v) is 11.0. The maximum atomic E-state index is 7.59. The molecule has 1 aliphatic carbocycles. The Hall–Kier alpha value is -4.95. The summed E-state index contributed by atoms with van der Waals surface area (Å²) in [5, 5.41) is 0. The van der Waals surface area contributed by atoms with Gasteiger partial charge in [0, 0.05) is 36.6 Å². The van der Waals surface area contributed by atoms with Crippen molar-refractivity contribution in [3.05, 3.63) is 180 Å². The van der Waals surface area contributed by atoms with Crippen LogP contribution in [0.25, 0.3) is 55.9 Å². The first-order valence-electron chi connectivity index (χ1n) is 20.4. The van der Waals surface area contributed by atoms with Gasteiger partial charge in [-0.1, -0.05) is 134 Å². The number of rotatable bonds is 9. The van der Waals surface area contributed by atoms with Gasteiger partial charge in [0.2, 0.25) is 0 Å². The Morgan fingerprint density at radius 1 is 0.611 bits per heavy atom. The summed E-state index contributed by atoms with van der Waals surface area (Å²) >= 11 is 0. The van der Waals surface area contributed by atoms with Gasteiger partial charge in [-0.3, -0.25) is 0 Å². The SMILES string of the molecule is [2H]C([2H])([2H])c1ccc(-c2[c-]cc(CCc3cc(C)cc(-c4ccccc4-c4c[c-]c(-c5cc(-c6ccc(C7(C)CCCCC7)cc6)ccn5)cc4)c3)cc2)nc1.[Ir]. The van der Waals surface area contributed by atoms with E-state index in [9.17, 15) is 0 Å². The molecule has 0 bridgehead atoms. The van der Waals surface area contributed by atoms with Crippen LogP contribution in [0.3, 0.4) is 0 Å². The molecular formula is C51H46IrN2-2. The van der Waals surface area contributed by atoms with Crippen LogP contribution in [0.1, 0.15) is 71.0 Å². The van der Waals surface area contributed by atoms with Crippen LogP contribution in [0.2, 0.25) is 0 Å². The first kappa shape index (κ1) is 33.6. The monoisotopic (exact) mass is 882 g/mol. The van der Waals surface area contributed by atoms with Crippen LogP contribution < -0.4 is 0 Å². The van der Waals surface area contributed by atoms with Crippen molar-refractivity contribution in [1.29, 1.82) is 0 Å². The van der Waals surface area contributed by atoms with E-state index in [1.54, 1.807) is 12.1 Å². The largest absolute Gasteiger partial charge is 0.305 e. The molecule has 1 fully saturated rings. The molecule has 0 amide bonds. The molecule has 2 nitrogen and oxygen atoms in total. The average Bonchev–Trinajstić information content (AvgIpc) is 3.23. The normalized spacial score (nSPS) is 14.7. The average molecular weight is 882 g/mol. The van der Waals surface area contributed by atoms with Crippen molar-refractivity contribution >= 4 is 0 Å². The van der Waals surface area contributed by atoms with Crippen LogP contribution in [0.5, 0.6) is 0 Å². The van der Waals surface area contributed by atoms with E-state index in [-0.39, 0.29) is 25.7 Å². The summed E-state index contributed by atoms with van der Waals surface area (Å²) in [6, 6.07) is 51.8. The van der Waals surface area contributed by atoms with E-state index < -0.39 is 6.85 Å². The van der Waals surface area contributed by atoms with Crippen molar-refractivity contribution in [2.75, 3.05) is 0 Å². The zero-order valence-corrected chi connectivity index (χ0v) is 33.4. The van der Waals surface area contributed by atoms with Gasteiger partial charge in [-0.15, -0.1) is 65.2 Å². The maximum absolute atomic E-state index is 7.59. The fraction of sp³-hybridized carbons (Fsp3) is 0.216. The minimum absolute atomic E-state index is 0. The van der Waals surface area contributed by atoms with Crippen molar-refractivity contribution < 1.29 is 24.2 Å². The van der Waals surface area contributed by atoms with Gasteiger partial charge in [-0.2, -0.15) is 0 Å². The van der Waals surface area contributed by atoms with Crippen LogP contribution in [0, 0.1) is 25.9 Å². The van der Waals surface area contributed by atoms with E-state index in [1.165, 1.54) is 88.4 Å².